The molecule has 24 heavy (non-hydrogen) atoms. The van der Waals surface area contributed by atoms with Crippen LogP contribution in [0.15, 0.2) is 17.5 Å². The van der Waals surface area contributed by atoms with Crippen LogP contribution in [0.2, 0.25) is 0 Å². The fourth-order valence-corrected chi connectivity index (χ4v) is 3.53. The average Bonchev–Trinajstić information content (AvgIpc) is 3.09. The maximum Gasteiger partial charge on any atom is 0.126 e. The highest BCUT2D eigenvalue weighted by Crippen LogP contribution is 2.40. The number of ether oxygens (including phenoxy) is 1. The Morgan fingerprint density at radius 1 is 1.08 bits per heavy atom. The third-order valence-electron chi connectivity index (χ3n) is 4.74. The third kappa shape index (κ3) is 3.98. The number of thiazole rings is 1. The molecule has 2 rings (SSSR count). The normalized spacial score (nSPS) is 13.8. The number of hydrogen-bond acceptors (Lipinski definition) is 4. The van der Waals surface area contributed by atoms with Crippen LogP contribution < -0.4 is 10.5 Å². The molecule has 0 amide bonds. The summed E-state index contributed by atoms with van der Waals surface area (Å²) in [5, 5.41) is 3.09. The molecule has 2 aromatic rings. The fraction of sp³-hybridized carbons (Fsp3) is 0.550. The predicted octanol–water partition coefficient (Wildman–Crippen LogP) is 5.69. The molecule has 4 heteroatoms. The number of nitrogens with two attached hydrogens (primary N) is 1. The summed E-state index contributed by atoms with van der Waals surface area (Å²) in [7, 11) is 0. The van der Waals surface area contributed by atoms with Gasteiger partial charge in [0, 0.05) is 17.5 Å². The molecule has 1 aromatic heterocycles. The second kappa shape index (κ2) is 8.63. The molecule has 1 aromatic carbocycles. The number of rotatable bonds is 8. The lowest BCUT2D eigenvalue weighted by atomic mass is 9.87. The highest BCUT2D eigenvalue weighted by atomic mass is 32.1. The second-order valence-electron chi connectivity index (χ2n) is 6.37. The second-order valence-corrected chi connectivity index (χ2v) is 7.31. The van der Waals surface area contributed by atoms with Crippen molar-refractivity contribution in [1.82, 2.24) is 4.98 Å². The van der Waals surface area contributed by atoms with Crippen molar-refractivity contribution in [3.63, 3.8) is 0 Å². The Labute approximate surface area is 150 Å². The zero-order chi connectivity index (χ0) is 17.7. The lowest BCUT2D eigenvalue weighted by Gasteiger charge is -2.23. The Morgan fingerprint density at radius 3 is 2.08 bits per heavy atom. The number of aromatic nitrogens is 1. The van der Waals surface area contributed by atoms with Crippen molar-refractivity contribution in [2.24, 2.45) is 5.73 Å². The van der Waals surface area contributed by atoms with E-state index in [-0.39, 0.29) is 0 Å². The van der Waals surface area contributed by atoms with E-state index in [1.54, 1.807) is 11.3 Å². The van der Waals surface area contributed by atoms with Crippen molar-refractivity contribution in [1.29, 1.82) is 0 Å². The maximum absolute atomic E-state index is 6.09. The number of benzene rings is 1. The van der Waals surface area contributed by atoms with E-state index in [0.717, 1.165) is 29.3 Å². The van der Waals surface area contributed by atoms with Crippen molar-refractivity contribution in [3.8, 4) is 17.0 Å². The first-order valence-electron chi connectivity index (χ1n) is 9.00. The van der Waals surface area contributed by atoms with E-state index in [2.05, 4.69) is 57.1 Å². The van der Waals surface area contributed by atoms with E-state index in [4.69, 9.17) is 10.5 Å². The van der Waals surface area contributed by atoms with Crippen LogP contribution in [0.4, 0.5) is 0 Å². The molecular formula is C20H30N2OS. The van der Waals surface area contributed by atoms with Crippen LogP contribution in [-0.2, 0) is 6.54 Å². The van der Waals surface area contributed by atoms with Gasteiger partial charge in [-0.05, 0) is 54.9 Å². The van der Waals surface area contributed by atoms with E-state index in [1.165, 1.54) is 16.7 Å². The van der Waals surface area contributed by atoms with E-state index in [1.807, 2.05) is 0 Å². The fourth-order valence-electron chi connectivity index (χ4n) is 2.84. The summed E-state index contributed by atoms with van der Waals surface area (Å²) in [6, 6.07) is 4.53. The molecule has 1 heterocycles. The molecule has 0 saturated carbocycles. The van der Waals surface area contributed by atoms with Gasteiger partial charge in [-0.3, -0.25) is 0 Å². The van der Waals surface area contributed by atoms with Gasteiger partial charge in [0.15, 0.2) is 0 Å². The van der Waals surface area contributed by atoms with Crippen LogP contribution in [0, 0.1) is 0 Å². The van der Waals surface area contributed by atoms with E-state index in [0.29, 0.717) is 25.0 Å². The molecule has 0 aliphatic heterocycles. The molecule has 0 fully saturated rings. The van der Waals surface area contributed by atoms with Crippen molar-refractivity contribution >= 4 is 11.3 Å². The smallest absolute Gasteiger partial charge is 0.126 e. The molecule has 0 bridgehead atoms. The van der Waals surface area contributed by atoms with Gasteiger partial charge in [0.2, 0.25) is 0 Å². The standard InChI is InChI=1S/C20H30N2OS/c1-6-13(4)16-9-15(18-12-24-19(11-21)22-18)10-17(14(5)7-2)20(16)23-8-3/h9-10,12-14H,6-8,11,21H2,1-5H3. The van der Waals surface area contributed by atoms with E-state index >= 15 is 0 Å². The first kappa shape index (κ1) is 18.9. The predicted molar refractivity (Wildman–Crippen MR) is 104 cm³/mol. The summed E-state index contributed by atoms with van der Waals surface area (Å²) in [6.45, 7) is 12.3. The van der Waals surface area contributed by atoms with Crippen LogP contribution in [0.1, 0.15) is 75.4 Å². The van der Waals surface area contributed by atoms with Gasteiger partial charge in [0.05, 0.1) is 12.3 Å². The summed E-state index contributed by atoms with van der Waals surface area (Å²) in [4.78, 5) is 4.68. The highest BCUT2D eigenvalue weighted by Gasteiger charge is 2.20. The molecule has 0 spiro atoms. The van der Waals surface area contributed by atoms with Crippen molar-refractivity contribution in [2.75, 3.05) is 6.61 Å². The molecule has 2 unspecified atom stereocenters. The Balaban J connectivity index is 2.63. The van der Waals surface area contributed by atoms with Gasteiger partial charge in [-0.1, -0.05) is 27.7 Å². The van der Waals surface area contributed by atoms with Crippen LogP contribution in [-0.4, -0.2) is 11.6 Å². The summed E-state index contributed by atoms with van der Waals surface area (Å²) < 4.78 is 6.09. The summed E-state index contributed by atoms with van der Waals surface area (Å²) >= 11 is 1.63. The molecule has 0 aliphatic carbocycles. The van der Waals surface area contributed by atoms with Gasteiger partial charge < -0.3 is 10.5 Å². The maximum atomic E-state index is 6.09. The molecule has 132 valence electrons. The quantitative estimate of drug-likeness (QED) is 0.667. The molecule has 0 radical (unpaired) electrons. The van der Waals surface area contributed by atoms with Crippen molar-refractivity contribution in [2.45, 2.75) is 65.8 Å². The summed E-state index contributed by atoms with van der Waals surface area (Å²) in [5.41, 5.74) is 10.5. The van der Waals surface area contributed by atoms with Crippen molar-refractivity contribution < 1.29 is 4.74 Å². The topological polar surface area (TPSA) is 48.1 Å². The van der Waals surface area contributed by atoms with Gasteiger partial charge in [-0.2, -0.15) is 0 Å². The Bertz CT molecular complexity index is 634. The first-order valence-corrected chi connectivity index (χ1v) is 9.88. The van der Waals surface area contributed by atoms with Gasteiger partial charge in [0.1, 0.15) is 10.8 Å². The minimum Gasteiger partial charge on any atom is -0.493 e. The Morgan fingerprint density at radius 2 is 1.67 bits per heavy atom. The van der Waals surface area contributed by atoms with Crippen LogP contribution in [0.5, 0.6) is 5.75 Å². The van der Waals surface area contributed by atoms with E-state index < -0.39 is 0 Å². The summed E-state index contributed by atoms with van der Waals surface area (Å²) in [6.07, 6.45) is 2.18. The van der Waals surface area contributed by atoms with Crippen molar-refractivity contribution in [3.05, 3.63) is 33.6 Å². The van der Waals surface area contributed by atoms with E-state index in [9.17, 15) is 0 Å². The molecule has 3 nitrogen and oxygen atoms in total. The SMILES string of the molecule is CCOc1c(C(C)CC)cc(-c2csc(CN)n2)cc1C(C)CC. The average molecular weight is 347 g/mol. The number of hydrogen-bond donors (Lipinski definition) is 1. The largest absolute Gasteiger partial charge is 0.493 e. The molecule has 0 saturated heterocycles. The molecule has 2 atom stereocenters. The lowest BCUT2D eigenvalue weighted by molar-refractivity contribution is 0.328. The Kier molecular flexibility index (Phi) is 6.81. The lowest BCUT2D eigenvalue weighted by Crippen LogP contribution is -2.06. The monoisotopic (exact) mass is 346 g/mol. The molecule has 0 aliphatic rings. The van der Waals surface area contributed by atoms with Crippen LogP contribution in [0.3, 0.4) is 0 Å². The van der Waals surface area contributed by atoms with Gasteiger partial charge in [0.25, 0.3) is 0 Å². The molecule has 2 N–H and O–H groups in total. The zero-order valence-electron chi connectivity index (χ0n) is 15.6. The Hall–Kier alpha value is -1.39. The highest BCUT2D eigenvalue weighted by molar-refractivity contribution is 7.09. The number of nitrogens with zero attached hydrogens (tertiary/aromatic N) is 1. The molecular weight excluding hydrogens is 316 g/mol. The van der Waals surface area contributed by atoms with Gasteiger partial charge >= 0.3 is 0 Å². The third-order valence-corrected chi connectivity index (χ3v) is 5.61. The minimum atomic E-state index is 0.460. The van der Waals surface area contributed by atoms with Gasteiger partial charge in [-0.15, -0.1) is 11.3 Å². The summed E-state index contributed by atoms with van der Waals surface area (Å²) in [5.74, 6) is 2.00. The first-order chi connectivity index (χ1) is 11.5. The van der Waals surface area contributed by atoms with Gasteiger partial charge in [-0.25, -0.2) is 4.98 Å². The minimum absolute atomic E-state index is 0.460. The zero-order valence-corrected chi connectivity index (χ0v) is 16.4. The van der Waals surface area contributed by atoms with Crippen LogP contribution in [0.25, 0.3) is 11.3 Å². The van der Waals surface area contributed by atoms with Crippen LogP contribution >= 0.6 is 11.3 Å².